The smallest absolute Gasteiger partial charge is 0.0589 e. The van der Waals surface area contributed by atoms with Crippen LogP contribution >= 0.6 is 0 Å². The van der Waals surface area contributed by atoms with E-state index >= 15 is 0 Å². The van der Waals surface area contributed by atoms with Crippen molar-refractivity contribution in [2.45, 2.75) is 45.2 Å². The van der Waals surface area contributed by atoms with Gasteiger partial charge in [0.15, 0.2) is 0 Å². The fraction of sp³-hybridized carbons (Fsp3) is 1.00. The number of methoxy groups -OCH3 is 1. The summed E-state index contributed by atoms with van der Waals surface area (Å²) in [6.07, 6.45) is 2.81. The van der Waals surface area contributed by atoms with Crippen LogP contribution in [0.3, 0.4) is 0 Å². The van der Waals surface area contributed by atoms with Crippen LogP contribution in [0.5, 0.6) is 0 Å². The van der Waals surface area contributed by atoms with Crippen molar-refractivity contribution < 1.29 is 4.74 Å². The topological polar surface area (TPSA) is 24.5 Å². The van der Waals surface area contributed by atoms with Crippen LogP contribution in [0.25, 0.3) is 0 Å². The summed E-state index contributed by atoms with van der Waals surface area (Å²) in [6, 6.07) is 0.697. The van der Waals surface area contributed by atoms with Crippen molar-refractivity contribution in [3.63, 3.8) is 0 Å². The van der Waals surface area contributed by atoms with Gasteiger partial charge in [-0.15, -0.1) is 0 Å². The molecule has 3 nitrogen and oxygen atoms in total. The predicted octanol–water partition coefficient (Wildman–Crippen LogP) is 1.73. The highest BCUT2D eigenvalue weighted by Gasteiger charge is 2.33. The number of hydrogen-bond acceptors (Lipinski definition) is 3. The van der Waals surface area contributed by atoms with Crippen LogP contribution in [0.15, 0.2) is 0 Å². The summed E-state index contributed by atoms with van der Waals surface area (Å²) in [5.74, 6) is 0.921. The maximum atomic E-state index is 5.21. The maximum Gasteiger partial charge on any atom is 0.0589 e. The highest BCUT2D eigenvalue weighted by Crippen LogP contribution is 2.35. The Labute approximate surface area is 101 Å². The van der Waals surface area contributed by atoms with Gasteiger partial charge in [-0.3, -0.25) is 4.90 Å². The minimum Gasteiger partial charge on any atom is -0.383 e. The van der Waals surface area contributed by atoms with Crippen LogP contribution < -0.4 is 5.32 Å². The molecule has 0 aromatic heterocycles. The van der Waals surface area contributed by atoms with Crippen molar-refractivity contribution in [3.8, 4) is 0 Å². The van der Waals surface area contributed by atoms with E-state index in [-0.39, 0.29) is 5.54 Å². The molecule has 1 atom stereocenters. The zero-order valence-electron chi connectivity index (χ0n) is 11.5. The Morgan fingerprint density at radius 2 is 2.06 bits per heavy atom. The van der Waals surface area contributed by atoms with Gasteiger partial charge in [-0.05, 0) is 46.6 Å². The van der Waals surface area contributed by atoms with Crippen LogP contribution in [0.2, 0.25) is 0 Å². The number of hydrogen-bond donors (Lipinski definition) is 1. The lowest BCUT2D eigenvalue weighted by molar-refractivity contribution is 0.0961. The van der Waals surface area contributed by atoms with E-state index in [1.807, 2.05) is 7.05 Å². The Kier molecular flexibility index (Phi) is 5.22. The van der Waals surface area contributed by atoms with Crippen molar-refractivity contribution in [1.29, 1.82) is 0 Å². The zero-order valence-corrected chi connectivity index (χ0v) is 11.5. The van der Waals surface area contributed by atoms with Crippen LogP contribution in [0.4, 0.5) is 0 Å². The molecule has 0 saturated heterocycles. The summed E-state index contributed by atoms with van der Waals surface area (Å²) >= 11 is 0. The summed E-state index contributed by atoms with van der Waals surface area (Å²) in [5.41, 5.74) is 0.177. The third-order valence-electron chi connectivity index (χ3n) is 3.74. The van der Waals surface area contributed by atoms with Crippen LogP contribution in [0, 0.1) is 5.92 Å². The SMILES string of the molecule is CNC(C)(C)CN(CCOC)C(C)C1CC1. The number of rotatable bonds is 8. The third kappa shape index (κ3) is 4.40. The molecule has 1 aliphatic rings. The second-order valence-electron chi connectivity index (χ2n) is 5.68. The zero-order chi connectivity index (χ0) is 12.2. The fourth-order valence-corrected chi connectivity index (χ4v) is 2.10. The minimum absolute atomic E-state index is 0.177. The first-order valence-corrected chi connectivity index (χ1v) is 6.42. The molecule has 1 fully saturated rings. The minimum atomic E-state index is 0.177. The molecule has 0 amide bonds. The quantitative estimate of drug-likeness (QED) is 0.685. The van der Waals surface area contributed by atoms with E-state index in [2.05, 4.69) is 31.0 Å². The molecule has 0 aromatic carbocycles. The molecule has 0 bridgehead atoms. The van der Waals surface area contributed by atoms with Crippen molar-refractivity contribution in [2.24, 2.45) is 5.92 Å². The van der Waals surface area contributed by atoms with Gasteiger partial charge in [0.1, 0.15) is 0 Å². The van der Waals surface area contributed by atoms with Gasteiger partial charge < -0.3 is 10.1 Å². The molecule has 0 aromatic rings. The van der Waals surface area contributed by atoms with Gasteiger partial charge in [0.25, 0.3) is 0 Å². The lowest BCUT2D eigenvalue weighted by atomic mass is 10.0. The van der Waals surface area contributed by atoms with E-state index in [0.29, 0.717) is 6.04 Å². The van der Waals surface area contributed by atoms with Gasteiger partial charge in [-0.2, -0.15) is 0 Å². The summed E-state index contributed by atoms with van der Waals surface area (Å²) in [4.78, 5) is 2.57. The standard InChI is InChI=1S/C13H28N2O/c1-11(12-6-7-12)15(8-9-16-5)10-13(2,3)14-4/h11-12,14H,6-10H2,1-5H3. The molecule has 1 N–H and O–H groups in total. The normalized spacial score (nSPS) is 19.1. The van der Waals surface area contributed by atoms with E-state index in [1.54, 1.807) is 7.11 Å². The monoisotopic (exact) mass is 228 g/mol. The Morgan fingerprint density at radius 1 is 1.44 bits per heavy atom. The lowest BCUT2D eigenvalue weighted by Gasteiger charge is -2.36. The van der Waals surface area contributed by atoms with Gasteiger partial charge in [0.05, 0.1) is 6.61 Å². The molecule has 1 unspecified atom stereocenters. The maximum absolute atomic E-state index is 5.21. The molecule has 16 heavy (non-hydrogen) atoms. The van der Waals surface area contributed by atoms with Crippen molar-refractivity contribution in [3.05, 3.63) is 0 Å². The van der Waals surface area contributed by atoms with Gasteiger partial charge in [-0.1, -0.05) is 0 Å². The average molecular weight is 228 g/mol. The largest absolute Gasteiger partial charge is 0.383 e. The molecule has 0 spiro atoms. The third-order valence-corrected chi connectivity index (χ3v) is 3.74. The molecule has 0 radical (unpaired) electrons. The Bertz CT molecular complexity index is 202. The number of likely N-dealkylation sites (N-methyl/N-ethyl adjacent to an activating group) is 1. The molecular weight excluding hydrogens is 200 g/mol. The van der Waals surface area contributed by atoms with Crippen molar-refractivity contribution in [2.75, 3.05) is 33.9 Å². The number of nitrogens with one attached hydrogen (secondary N) is 1. The van der Waals surface area contributed by atoms with Crippen LogP contribution in [-0.2, 0) is 4.74 Å². The lowest BCUT2D eigenvalue weighted by Crippen LogP contribution is -2.51. The van der Waals surface area contributed by atoms with E-state index in [9.17, 15) is 0 Å². The molecule has 3 heteroatoms. The first kappa shape index (κ1) is 13.9. The summed E-state index contributed by atoms with van der Waals surface area (Å²) in [7, 11) is 3.82. The van der Waals surface area contributed by atoms with Crippen molar-refractivity contribution >= 4 is 0 Å². The molecule has 0 aliphatic heterocycles. The van der Waals surface area contributed by atoms with Crippen molar-refractivity contribution in [1.82, 2.24) is 10.2 Å². The second-order valence-corrected chi connectivity index (χ2v) is 5.68. The average Bonchev–Trinajstić information content (AvgIpc) is 3.07. The summed E-state index contributed by atoms with van der Waals surface area (Å²) in [6.45, 7) is 9.83. The molecule has 1 rings (SSSR count). The number of ether oxygens (including phenoxy) is 1. The van der Waals surface area contributed by atoms with Gasteiger partial charge in [0, 0.05) is 31.8 Å². The second kappa shape index (κ2) is 5.99. The molecule has 0 heterocycles. The summed E-state index contributed by atoms with van der Waals surface area (Å²) in [5, 5.41) is 3.38. The van der Waals surface area contributed by atoms with E-state index in [1.165, 1.54) is 12.8 Å². The van der Waals surface area contributed by atoms with Crippen LogP contribution in [-0.4, -0.2) is 50.3 Å². The first-order valence-electron chi connectivity index (χ1n) is 6.42. The summed E-state index contributed by atoms with van der Waals surface area (Å²) < 4.78 is 5.21. The van der Waals surface area contributed by atoms with E-state index < -0.39 is 0 Å². The predicted molar refractivity (Wildman–Crippen MR) is 68.8 cm³/mol. The number of nitrogens with zero attached hydrogens (tertiary/aromatic N) is 1. The molecular formula is C13H28N2O. The molecule has 96 valence electrons. The Balaban J connectivity index is 2.48. The highest BCUT2D eigenvalue weighted by molar-refractivity contribution is 4.89. The van der Waals surface area contributed by atoms with Gasteiger partial charge in [-0.25, -0.2) is 0 Å². The van der Waals surface area contributed by atoms with E-state index in [4.69, 9.17) is 4.74 Å². The van der Waals surface area contributed by atoms with Gasteiger partial charge in [0.2, 0.25) is 0 Å². The first-order chi connectivity index (χ1) is 7.50. The van der Waals surface area contributed by atoms with Gasteiger partial charge >= 0.3 is 0 Å². The van der Waals surface area contributed by atoms with Crippen LogP contribution in [0.1, 0.15) is 33.6 Å². The fourth-order valence-electron chi connectivity index (χ4n) is 2.10. The molecule has 1 aliphatic carbocycles. The molecule has 1 saturated carbocycles. The highest BCUT2D eigenvalue weighted by atomic mass is 16.5. The van der Waals surface area contributed by atoms with E-state index in [0.717, 1.165) is 25.6 Å². The Morgan fingerprint density at radius 3 is 2.50 bits per heavy atom. The Hall–Kier alpha value is -0.120.